The van der Waals surface area contributed by atoms with Gasteiger partial charge in [0.15, 0.2) is 0 Å². The maximum Gasteiger partial charge on any atom is 0.328 e. The van der Waals surface area contributed by atoms with Gasteiger partial charge in [0.05, 0.1) is 6.61 Å². The summed E-state index contributed by atoms with van der Waals surface area (Å²) in [6.07, 6.45) is 4.85. The van der Waals surface area contributed by atoms with Crippen LogP contribution in [0.3, 0.4) is 0 Å². The highest BCUT2D eigenvalue weighted by molar-refractivity contribution is 7.89. The minimum atomic E-state index is -3.67. The molecule has 0 fully saturated rings. The second-order valence-corrected chi connectivity index (χ2v) is 6.05. The van der Waals surface area contributed by atoms with E-state index in [1.807, 2.05) is 0 Å². The van der Waals surface area contributed by atoms with Crippen LogP contribution in [0.2, 0.25) is 0 Å². The predicted octanol–water partition coefficient (Wildman–Crippen LogP) is 0.836. The summed E-state index contributed by atoms with van der Waals surface area (Å²) >= 11 is 0. The lowest BCUT2D eigenvalue weighted by Gasteiger charge is -2.19. The summed E-state index contributed by atoms with van der Waals surface area (Å²) < 4.78 is 31.1. The molecule has 0 aliphatic rings. The topological polar surface area (TPSA) is 96.8 Å². The van der Waals surface area contributed by atoms with Crippen molar-refractivity contribution in [3.63, 3.8) is 0 Å². The summed E-state index contributed by atoms with van der Waals surface area (Å²) in [6, 6.07) is 1.39. The number of carboxylic acids is 1. The van der Waals surface area contributed by atoms with Crippen LogP contribution in [0.4, 0.5) is 0 Å². The molecule has 0 saturated heterocycles. The summed E-state index contributed by atoms with van der Waals surface area (Å²) in [5.74, 6) is -1.11. The first-order valence-corrected chi connectivity index (χ1v) is 7.71. The zero-order valence-electron chi connectivity index (χ0n) is 11.9. The molecule has 0 aliphatic heterocycles. The van der Waals surface area contributed by atoms with E-state index in [2.05, 4.69) is 4.98 Å². The quantitative estimate of drug-likeness (QED) is 0.714. The Bertz CT molecular complexity index is 613. The van der Waals surface area contributed by atoms with Crippen LogP contribution in [0.1, 0.15) is 12.5 Å². The number of hydrogen-bond donors (Lipinski definition) is 1. The van der Waals surface area contributed by atoms with E-state index in [-0.39, 0.29) is 11.4 Å². The number of ether oxygens (including phenoxy) is 1. The van der Waals surface area contributed by atoms with Gasteiger partial charge in [-0.1, -0.05) is 6.92 Å². The van der Waals surface area contributed by atoms with E-state index in [0.717, 1.165) is 6.08 Å². The molecule has 0 amide bonds. The molecular weight excluding hydrogens is 296 g/mol. The molecule has 1 heterocycles. The number of pyridine rings is 1. The van der Waals surface area contributed by atoms with Gasteiger partial charge in [-0.2, -0.15) is 4.31 Å². The van der Waals surface area contributed by atoms with Crippen LogP contribution in [0.25, 0.3) is 6.08 Å². The first kappa shape index (κ1) is 17.3. The van der Waals surface area contributed by atoms with Crippen LogP contribution < -0.4 is 0 Å². The smallest absolute Gasteiger partial charge is 0.328 e. The van der Waals surface area contributed by atoms with Crippen molar-refractivity contribution < 1.29 is 23.1 Å². The maximum atomic E-state index is 12.4. The number of hydrogen-bond acceptors (Lipinski definition) is 5. The molecule has 0 radical (unpaired) electrons. The van der Waals surface area contributed by atoms with E-state index in [0.29, 0.717) is 18.7 Å². The molecule has 0 unspecified atom stereocenters. The number of carbonyl (C=O) groups is 1. The van der Waals surface area contributed by atoms with Gasteiger partial charge in [-0.05, 0) is 17.7 Å². The highest BCUT2D eigenvalue weighted by Gasteiger charge is 2.23. The van der Waals surface area contributed by atoms with E-state index >= 15 is 0 Å². The average Bonchev–Trinajstić information content (AvgIpc) is 2.46. The number of methoxy groups -OCH3 is 1. The van der Waals surface area contributed by atoms with Crippen molar-refractivity contribution in [2.24, 2.45) is 0 Å². The third kappa shape index (κ3) is 4.92. The lowest BCUT2D eigenvalue weighted by atomic mass is 10.2. The molecule has 0 saturated carbocycles. The van der Waals surface area contributed by atoms with E-state index in [9.17, 15) is 13.2 Å². The molecular formula is C13H18N2O5S. The van der Waals surface area contributed by atoms with E-state index in [1.54, 1.807) is 6.92 Å². The zero-order chi connectivity index (χ0) is 15.9. The Morgan fingerprint density at radius 1 is 1.48 bits per heavy atom. The number of rotatable bonds is 8. The summed E-state index contributed by atoms with van der Waals surface area (Å²) in [7, 11) is -2.18. The number of carboxylic acid groups (broad SMARTS) is 1. The van der Waals surface area contributed by atoms with Crippen LogP contribution in [-0.4, -0.2) is 55.6 Å². The monoisotopic (exact) mass is 314 g/mol. The molecule has 1 aromatic heterocycles. The predicted molar refractivity (Wildman–Crippen MR) is 77.2 cm³/mol. The first-order chi connectivity index (χ1) is 9.91. The third-order valence-electron chi connectivity index (χ3n) is 2.69. The van der Waals surface area contributed by atoms with Crippen molar-refractivity contribution in [2.75, 3.05) is 26.8 Å². The molecule has 21 heavy (non-hydrogen) atoms. The molecule has 1 rings (SSSR count). The maximum absolute atomic E-state index is 12.4. The molecule has 116 valence electrons. The molecule has 1 aromatic rings. The van der Waals surface area contributed by atoms with Crippen molar-refractivity contribution in [3.05, 3.63) is 30.1 Å². The van der Waals surface area contributed by atoms with Gasteiger partial charge >= 0.3 is 5.97 Å². The van der Waals surface area contributed by atoms with Gasteiger partial charge in [0.1, 0.15) is 4.90 Å². The van der Waals surface area contributed by atoms with Gasteiger partial charge in [-0.25, -0.2) is 13.2 Å². The second-order valence-electron chi connectivity index (χ2n) is 4.12. The second kappa shape index (κ2) is 7.87. The lowest BCUT2D eigenvalue weighted by Crippen LogP contribution is -2.33. The van der Waals surface area contributed by atoms with Crippen LogP contribution in [0.15, 0.2) is 29.4 Å². The molecule has 0 atom stereocenters. The van der Waals surface area contributed by atoms with Gasteiger partial charge in [-0.3, -0.25) is 4.98 Å². The molecule has 0 aliphatic carbocycles. The normalized spacial score (nSPS) is 12.1. The largest absolute Gasteiger partial charge is 0.478 e. The summed E-state index contributed by atoms with van der Waals surface area (Å²) in [4.78, 5) is 14.3. The fourth-order valence-corrected chi connectivity index (χ4v) is 3.06. The van der Waals surface area contributed by atoms with Gasteiger partial charge in [0, 0.05) is 38.7 Å². The summed E-state index contributed by atoms with van der Waals surface area (Å²) in [6.45, 7) is 2.57. The fourth-order valence-electron chi connectivity index (χ4n) is 1.63. The Morgan fingerprint density at radius 2 is 2.19 bits per heavy atom. The lowest BCUT2D eigenvalue weighted by molar-refractivity contribution is -0.131. The Balaban J connectivity index is 3.07. The van der Waals surface area contributed by atoms with Crippen LogP contribution in [0, 0.1) is 0 Å². The van der Waals surface area contributed by atoms with Crippen LogP contribution in [-0.2, 0) is 19.6 Å². The minimum Gasteiger partial charge on any atom is -0.478 e. The third-order valence-corrected chi connectivity index (χ3v) is 4.63. The van der Waals surface area contributed by atoms with Crippen molar-refractivity contribution >= 4 is 22.1 Å². The van der Waals surface area contributed by atoms with Crippen molar-refractivity contribution in [1.82, 2.24) is 9.29 Å². The Labute approximate surface area is 123 Å². The molecule has 0 bridgehead atoms. The van der Waals surface area contributed by atoms with Crippen LogP contribution >= 0.6 is 0 Å². The molecule has 0 aromatic carbocycles. The molecule has 8 heteroatoms. The van der Waals surface area contributed by atoms with E-state index in [1.165, 1.54) is 36.0 Å². The zero-order valence-corrected chi connectivity index (χ0v) is 12.7. The van der Waals surface area contributed by atoms with Gasteiger partial charge in [-0.15, -0.1) is 0 Å². The Hall–Kier alpha value is -1.77. The average molecular weight is 314 g/mol. The minimum absolute atomic E-state index is 0.0213. The van der Waals surface area contributed by atoms with Gasteiger partial charge in [0.25, 0.3) is 0 Å². The number of aromatic nitrogens is 1. The van der Waals surface area contributed by atoms with Crippen molar-refractivity contribution in [2.45, 2.75) is 11.8 Å². The number of sulfonamides is 1. The molecule has 0 spiro atoms. The van der Waals surface area contributed by atoms with Crippen molar-refractivity contribution in [3.8, 4) is 0 Å². The Morgan fingerprint density at radius 3 is 2.76 bits per heavy atom. The highest BCUT2D eigenvalue weighted by Crippen LogP contribution is 2.16. The SMILES string of the molecule is CCN(CCOC)S(=O)(=O)c1cncc(C=CC(=O)O)c1. The number of likely N-dealkylation sites (N-methyl/N-ethyl adjacent to an activating group) is 1. The van der Waals surface area contributed by atoms with E-state index in [4.69, 9.17) is 9.84 Å². The Kier molecular flexibility index (Phi) is 6.47. The summed E-state index contributed by atoms with van der Waals surface area (Å²) in [5, 5.41) is 8.58. The fraction of sp³-hybridized carbons (Fsp3) is 0.385. The van der Waals surface area contributed by atoms with Gasteiger partial charge < -0.3 is 9.84 Å². The first-order valence-electron chi connectivity index (χ1n) is 6.27. The van der Waals surface area contributed by atoms with E-state index < -0.39 is 16.0 Å². The standard InChI is InChI=1S/C13H18N2O5S/c1-3-15(6-7-20-2)21(18,19)12-8-11(9-14-10-12)4-5-13(16)17/h4-5,8-10H,3,6-7H2,1-2H3,(H,16,17). The van der Waals surface area contributed by atoms with Gasteiger partial charge in [0.2, 0.25) is 10.0 Å². The number of aliphatic carboxylic acids is 1. The molecule has 7 nitrogen and oxygen atoms in total. The summed E-state index contributed by atoms with van der Waals surface area (Å²) in [5.41, 5.74) is 0.404. The van der Waals surface area contributed by atoms with Crippen LogP contribution in [0.5, 0.6) is 0 Å². The highest BCUT2D eigenvalue weighted by atomic mass is 32.2. The van der Waals surface area contributed by atoms with Crippen molar-refractivity contribution in [1.29, 1.82) is 0 Å². The molecule has 1 N–H and O–H groups in total. The number of nitrogens with zero attached hydrogens (tertiary/aromatic N) is 2.